The van der Waals surface area contributed by atoms with Crippen molar-refractivity contribution in [2.75, 3.05) is 6.54 Å². The summed E-state index contributed by atoms with van der Waals surface area (Å²) in [6.45, 7) is 0.216. The second-order valence-corrected chi connectivity index (χ2v) is 5.79. The molecule has 3 rings (SSSR count). The molecule has 0 aliphatic heterocycles. The van der Waals surface area contributed by atoms with E-state index in [2.05, 4.69) is 10.4 Å². The second-order valence-electron chi connectivity index (χ2n) is 5.79. The topological polar surface area (TPSA) is 46.9 Å². The van der Waals surface area contributed by atoms with Crippen molar-refractivity contribution in [3.05, 3.63) is 83.4 Å². The molecule has 0 saturated heterocycles. The Balaban J connectivity index is 1.57. The summed E-state index contributed by atoms with van der Waals surface area (Å²) in [6.07, 6.45) is -2.58. The maximum atomic E-state index is 13.5. The van der Waals surface area contributed by atoms with E-state index in [1.54, 1.807) is 16.9 Å². The minimum atomic E-state index is -4.79. The Morgan fingerprint density at radius 1 is 1.07 bits per heavy atom. The van der Waals surface area contributed by atoms with Crippen molar-refractivity contribution in [2.45, 2.75) is 12.6 Å². The van der Waals surface area contributed by atoms with Gasteiger partial charge in [0.2, 0.25) is 0 Å². The summed E-state index contributed by atoms with van der Waals surface area (Å²) in [5.41, 5.74) is 0.0617. The van der Waals surface area contributed by atoms with Crippen LogP contribution in [0.2, 0.25) is 0 Å². The van der Waals surface area contributed by atoms with Crippen LogP contribution in [0.15, 0.2) is 60.8 Å². The Morgan fingerprint density at radius 2 is 1.81 bits per heavy atom. The maximum absolute atomic E-state index is 13.5. The smallest absolute Gasteiger partial charge is 0.352 e. The van der Waals surface area contributed by atoms with Gasteiger partial charge in [0.1, 0.15) is 5.82 Å². The number of hydrogen-bond donors (Lipinski definition) is 1. The molecule has 1 amide bonds. The standard InChI is InChI=1S/C19H15F4N3O/c20-17-12-13(6-7-16(17)19(21,22)23)18(27)24-10-8-14-9-11-26(25-14)15-4-2-1-3-5-15/h1-7,9,11-12H,8,10H2,(H,24,27). The third-order valence-electron chi connectivity index (χ3n) is 3.87. The van der Waals surface area contributed by atoms with E-state index in [0.717, 1.165) is 17.4 Å². The Kier molecular flexibility index (Phi) is 5.25. The molecule has 0 aliphatic carbocycles. The summed E-state index contributed by atoms with van der Waals surface area (Å²) >= 11 is 0. The molecule has 0 bridgehead atoms. The first-order chi connectivity index (χ1) is 12.8. The first kappa shape index (κ1) is 18.6. The van der Waals surface area contributed by atoms with E-state index in [1.807, 2.05) is 30.3 Å². The number of nitrogens with one attached hydrogen (secondary N) is 1. The minimum absolute atomic E-state index is 0.171. The summed E-state index contributed by atoms with van der Waals surface area (Å²) in [5, 5.41) is 6.93. The number of aromatic nitrogens is 2. The fourth-order valence-electron chi connectivity index (χ4n) is 2.51. The summed E-state index contributed by atoms with van der Waals surface area (Å²) in [6, 6.07) is 13.4. The largest absolute Gasteiger partial charge is 0.419 e. The van der Waals surface area contributed by atoms with Crippen LogP contribution in [0.3, 0.4) is 0 Å². The molecule has 0 saturated carbocycles. The lowest BCUT2D eigenvalue weighted by atomic mass is 10.1. The van der Waals surface area contributed by atoms with Crippen LogP contribution >= 0.6 is 0 Å². The monoisotopic (exact) mass is 377 g/mol. The number of alkyl halides is 3. The zero-order chi connectivity index (χ0) is 19.4. The highest BCUT2D eigenvalue weighted by Gasteiger charge is 2.34. The van der Waals surface area contributed by atoms with Crippen molar-refractivity contribution >= 4 is 5.91 Å². The minimum Gasteiger partial charge on any atom is -0.352 e. The van der Waals surface area contributed by atoms with Crippen molar-refractivity contribution in [1.29, 1.82) is 0 Å². The van der Waals surface area contributed by atoms with Gasteiger partial charge in [-0.1, -0.05) is 18.2 Å². The number of benzene rings is 2. The van der Waals surface area contributed by atoms with Gasteiger partial charge in [0.05, 0.1) is 16.9 Å². The van der Waals surface area contributed by atoms with Crippen molar-refractivity contribution in [2.24, 2.45) is 0 Å². The van der Waals surface area contributed by atoms with Crippen LogP contribution in [0, 0.1) is 5.82 Å². The van der Waals surface area contributed by atoms with Crippen LogP contribution < -0.4 is 5.32 Å². The Morgan fingerprint density at radius 3 is 2.48 bits per heavy atom. The van der Waals surface area contributed by atoms with Gasteiger partial charge in [0, 0.05) is 24.7 Å². The zero-order valence-corrected chi connectivity index (χ0v) is 14.0. The van der Waals surface area contributed by atoms with E-state index >= 15 is 0 Å². The molecule has 0 unspecified atom stereocenters. The van der Waals surface area contributed by atoms with E-state index in [4.69, 9.17) is 0 Å². The zero-order valence-electron chi connectivity index (χ0n) is 14.0. The Bertz CT molecular complexity index is 936. The average Bonchev–Trinajstić information content (AvgIpc) is 3.10. The first-order valence-electron chi connectivity index (χ1n) is 8.09. The molecule has 0 atom stereocenters. The van der Waals surface area contributed by atoms with Gasteiger partial charge < -0.3 is 5.32 Å². The summed E-state index contributed by atoms with van der Waals surface area (Å²) in [5.74, 6) is -2.12. The summed E-state index contributed by atoms with van der Waals surface area (Å²) in [4.78, 5) is 12.0. The number of para-hydroxylation sites is 1. The van der Waals surface area contributed by atoms with Gasteiger partial charge in [-0.2, -0.15) is 18.3 Å². The molecule has 0 radical (unpaired) electrons. The highest BCUT2D eigenvalue weighted by Crippen LogP contribution is 2.31. The number of rotatable bonds is 5. The first-order valence-corrected chi connectivity index (χ1v) is 8.09. The number of halogens is 4. The van der Waals surface area contributed by atoms with E-state index in [1.165, 1.54) is 0 Å². The van der Waals surface area contributed by atoms with Crippen molar-refractivity contribution < 1.29 is 22.4 Å². The molecule has 0 fully saturated rings. The number of nitrogens with zero attached hydrogens (tertiary/aromatic N) is 2. The highest BCUT2D eigenvalue weighted by molar-refractivity contribution is 5.94. The second kappa shape index (κ2) is 7.61. The predicted octanol–water partition coefficient (Wildman–Crippen LogP) is 4.00. The molecule has 1 N–H and O–H groups in total. The number of carbonyl (C=O) groups is 1. The Hall–Kier alpha value is -3.16. The number of carbonyl (C=O) groups excluding carboxylic acids is 1. The number of amides is 1. The van der Waals surface area contributed by atoms with Gasteiger partial charge in [0.15, 0.2) is 0 Å². The van der Waals surface area contributed by atoms with Crippen molar-refractivity contribution in [1.82, 2.24) is 15.1 Å². The molecule has 27 heavy (non-hydrogen) atoms. The third-order valence-corrected chi connectivity index (χ3v) is 3.87. The van der Waals surface area contributed by atoms with Crippen molar-refractivity contribution in [3.8, 4) is 5.69 Å². The fourth-order valence-corrected chi connectivity index (χ4v) is 2.51. The fraction of sp³-hybridized carbons (Fsp3) is 0.158. The molecule has 0 spiro atoms. The average molecular weight is 377 g/mol. The molecule has 1 heterocycles. The van der Waals surface area contributed by atoms with Crippen LogP contribution in [0.25, 0.3) is 5.69 Å². The van der Waals surface area contributed by atoms with Gasteiger partial charge >= 0.3 is 6.18 Å². The van der Waals surface area contributed by atoms with Crippen LogP contribution in [-0.2, 0) is 12.6 Å². The maximum Gasteiger partial charge on any atom is 0.419 e. The van der Waals surface area contributed by atoms with Crippen LogP contribution in [0.1, 0.15) is 21.6 Å². The predicted molar refractivity (Wildman–Crippen MR) is 91.0 cm³/mol. The molecule has 2 aromatic carbocycles. The number of hydrogen-bond acceptors (Lipinski definition) is 2. The third kappa shape index (κ3) is 4.52. The van der Waals surface area contributed by atoms with E-state index in [9.17, 15) is 22.4 Å². The lowest BCUT2D eigenvalue weighted by Crippen LogP contribution is -2.26. The van der Waals surface area contributed by atoms with Gasteiger partial charge in [-0.25, -0.2) is 9.07 Å². The highest BCUT2D eigenvalue weighted by atomic mass is 19.4. The quantitative estimate of drug-likeness (QED) is 0.683. The van der Waals surface area contributed by atoms with E-state index < -0.39 is 23.5 Å². The molecule has 140 valence electrons. The normalized spacial score (nSPS) is 11.4. The van der Waals surface area contributed by atoms with E-state index in [0.29, 0.717) is 18.6 Å². The van der Waals surface area contributed by atoms with Gasteiger partial charge in [0.25, 0.3) is 5.91 Å². The molecular formula is C19H15F4N3O. The van der Waals surface area contributed by atoms with Gasteiger partial charge in [-0.15, -0.1) is 0 Å². The molecule has 4 nitrogen and oxygen atoms in total. The van der Waals surface area contributed by atoms with Gasteiger partial charge in [-0.3, -0.25) is 4.79 Å². The molecule has 3 aromatic rings. The summed E-state index contributed by atoms with van der Waals surface area (Å²) < 4.78 is 52.9. The molecule has 8 heteroatoms. The lowest BCUT2D eigenvalue weighted by molar-refractivity contribution is -0.140. The molecule has 1 aromatic heterocycles. The molecule has 0 aliphatic rings. The van der Waals surface area contributed by atoms with Crippen LogP contribution in [0.4, 0.5) is 17.6 Å². The van der Waals surface area contributed by atoms with Crippen LogP contribution in [-0.4, -0.2) is 22.2 Å². The SMILES string of the molecule is O=C(NCCc1ccn(-c2ccccc2)n1)c1ccc(C(F)(F)F)c(F)c1. The van der Waals surface area contributed by atoms with Gasteiger partial charge in [-0.05, 0) is 36.4 Å². The Labute approximate surface area is 152 Å². The van der Waals surface area contributed by atoms with Crippen molar-refractivity contribution in [3.63, 3.8) is 0 Å². The molecular weight excluding hydrogens is 362 g/mol. The van der Waals surface area contributed by atoms with Crippen LogP contribution in [0.5, 0.6) is 0 Å². The summed E-state index contributed by atoms with van der Waals surface area (Å²) in [7, 11) is 0. The lowest BCUT2D eigenvalue weighted by Gasteiger charge is -2.09. The van der Waals surface area contributed by atoms with E-state index in [-0.39, 0.29) is 12.1 Å².